The molecule has 0 rings (SSSR count). The van der Waals surface area contributed by atoms with Crippen molar-refractivity contribution in [1.29, 1.82) is 0 Å². The minimum atomic E-state index is -1.12. The van der Waals surface area contributed by atoms with E-state index in [1.165, 1.54) is 238 Å². The Balaban J connectivity index is 4.11. The maximum atomic E-state index is 12.8. The second kappa shape index (κ2) is 52.4. The monoisotopic (exact) mass is 976 g/mol. The van der Waals surface area contributed by atoms with Gasteiger partial charge in [-0.15, -0.1) is 0 Å². The van der Waals surface area contributed by atoms with E-state index < -0.39 is 18.1 Å². The van der Waals surface area contributed by atoms with E-state index in [-0.39, 0.29) is 42.7 Å². The Kier molecular flexibility index (Phi) is 50.9. The number of rotatable bonds is 56. The van der Waals surface area contributed by atoms with E-state index in [1.807, 2.05) is 21.1 Å². The van der Waals surface area contributed by atoms with Crippen LogP contribution in [0.4, 0.5) is 0 Å². The second-order valence-electron chi connectivity index (χ2n) is 21.9. The molecule has 0 N–H and O–H groups in total. The average molecular weight is 977 g/mol. The van der Waals surface area contributed by atoms with E-state index in [0.717, 1.165) is 38.5 Å². The molecule has 0 aromatic heterocycles. The molecule has 0 aliphatic heterocycles. The van der Waals surface area contributed by atoms with Gasteiger partial charge in [0.1, 0.15) is 12.6 Å². The largest absolute Gasteiger partial charge is 0.544 e. The van der Waals surface area contributed by atoms with E-state index in [1.54, 1.807) is 0 Å². The number of unbranched alkanes of at least 4 members (excludes halogenated alkanes) is 40. The molecule has 8 nitrogen and oxygen atoms in total. The predicted octanol–water partition coefficient (Wildman–Crippen LogP) is 16.8. The second-order valence-corrected chi connectivity index (χ2v) is 21.9. The zero-order chi connectivity index (χ0) is 50.6. The number of ether oxygens (including phenoxy) is 3. The summed E-state index contributed by atoms with van der Waals surface area (Å²) in [7, 11) is 5.44. The highest BCUT2D eigenvalue weighted by Crippen LogP contribution is 2.18. The fraction of sp³-hybridized carbons (Fsp3) is 0.918. The third-order valence-corrected chi connectivity index (χ3v) is 14.2. The van der Waals surface area contributed by atoms with Crippen molar-refractivity contribution in [2.75, 3.05) is 41.0 Å². The molecule has 0 aliphatic rings. The molecule has 0 saturated carbocycles. The van der Waals surface area contributed by atoms with Crippen LogP contribution >= 0.6 is 0 Å². The summed E-state index contributed by atoms with van der Waals surface area (Å²) in [6.07, 6.45) is 61.2. The van der Waals surface area contributed by atoms with Crippen LogP contribution in [0.2, 0.25) is 0 Å². The van der Waals surface area contributed by atoms with Gasteiger partial charge in [-0.25, -0.2) is 0 Å². The smallest absolute Gasteiger partial charge is 0.306 e. The average Bonchev–Trinajstić information content (AvgIpc) is 3.31. The van der Waals surface area contributed by atoms with Gasteiger partial charge in [-0.3, -0.25) is 9.59 Å². The van der Waals surface area contributed by atoms with Crippen molar-refractivity contribution >= 4 is 17.9 Å². The molecule has 0 radical (unpaired) electrons. The first kappa shape index (κ1) is 67.1. The number of aliphatic carboxylic acids is 1. The molecule has 408 valence electrons. The lowest BCUT2D eigenvalue weighted by atomic mass is 10.0. The van der Waals surface area contributed by atoms with Crippen LogP contribution in [0, 0.1) is 0 Å². The van der Waals surface area contributed by atoms with Crippen LogP contribution < -0.4 is 5.11 Å². The lowest BCUT2D eigenvalue weighted by Gasteiger charge is -2.34. The molecular weight excluding hydrogens is 859 g/mol. The quantitative estimate of drug-likeness (QED) is 0.0259. The van der Waals surface area contributed by atoms with Crippen LogP contribution in [0.3, 0.4) is 0 Å². The topological polar surface area (TPSA) is 102 Å². The van der Waals surface area contributed by atoms with Gasteiger partial charge in [0, 0.05) is 19.3 Å². The number of hydrogen-bond acceptors (Lipinski definition) is 7. The van der Waals surface area contributed by atoms with Gasteiger partial charge in [0.25, 0.3) is 0 Å². The Labute approximate surface area is 429 Å². The van der Waals surface area contributed by atoms with Crippen LogP contribution in [-0.4, -0.2) is 75.5 Å². The van der Waals surface area contributed by atoms with Crippen molar-refractivity contribution in [3.63, 3.8) is 0 Å². The number of carbonyl (C=O) groups excluding carboxylic acids is 3. The molecule has 0 aromatic carbocycles. The third kappa shape index (κ3) is 50.8. The van der Waals surface area contributed by atoms with Crippen molar-refractivity contribution in [2.24, 2.45) is 0 Å². The number of esters is 2. The number of allylic oxidation sites excluding steroid dienone is 2. The van der Waals surface area contributed by atoms with Crippen molar-refractivity contribution in [1.82, 2.24) is 0 Å². The first-order chi connectivity index (χ1) is 33.6. The van der Waals surface area contributed by atoms with Crippen LogP contribution in [0.15, 0.2) is 12.2 Å². The third-order valence-electron chi connectivity index (χ3n) is 14.2. The minimum Gasteiger partial charge on any atom is -0.544 e. The summed E-state index contributed by atoms with van der Waals surface area (Å²) in [4.78, 5) is 37.2. The summed E-state index contributed by atoms with van der Waals surface area (Å²) >= 11 is 0. The lowest BCUT2D eigenvalue weighted by Crippen LogP contribution is -2.55. The molecule has 0 aromatic rings. The van der Waals surface area contributed by atoms with Crippen LogP contribution in [-0.2, 0) is 28.6 Å². The predicted molar refractivity (Wildman–Crippen MR) is 291 cm³/mol. The number of carbonyl (C=O) groups is 3. The summed E-state index contributed by atoms with van der Waals surface area (Å²) < 4.78 is 17.3. The Morgan fingerprint density at radius 3 is 1.04 bits per heavy atom. The van der Waals surface area contributed by atoms with Crippen molar-refractivity contribution in [2.45, 2.75) is 321 Å². The Morgan fingerprint density at radius 1 is 0.420 bits per heavy atom. The highest BCUT2D eigenvalue weighted by molar-refractivity contribution is 5.70. The highest BCUT2D eigenvalue weighted by atomic mass is 16.6. The highest BCUT2D eigenvalue weighted by Gasteiger charge is 2.25. The van der Waals surface area contributed by atoms with E-state index in [4.69, 9.17) is 14.2 Å². The van der Waals surface area contributed by atoms with Gasteiger partial charge in [0.15, 0.2) is 6.10 Å². The van der Waals surface area contributed by atoms with Crippen LogP contribution in [0.25, 0.3) is 0 Å². The van der Waals surface area contributed by atoms with Crippen molar-refractivity contribution in [3.05, 3.63) is 12.2 Å². The number of nitrogens with zero attached hydrogens (tertiary/aromatic N) is 1. The van der Waals surface area contributed by atoms with Crippen molar-refractivity contribution < 1.29 is 38.2 Å². The van der Waals surface area contributed by atoms with Gasteiger partial charge in [-0.2, -0.15) is 0 Å². The van der Waals surface area contributed by atoms with Crippen LogP contribution in [0.1, 0.15) is 309 Å². The maximum absolute atomic E-state index is 12.8. The fourth-order valence-corrected chi connectivity index (χ4v) is 9.48. The summed E-state index contributed by atoms with van der Waals surface area (Å²) in [5.41, 5.74) is 0. The molecular formula is C61H117NO7. The Morgan fingerprint density at radius 2 is 0.725 bits per heavy atom. The molecule has 2 atom stereocenters. The molecule has 0 spiro atoms. The molecule has 8 heteroatoms. The SMILES string of the molecule is CCCCCCCCCCCCCC/C=C/CCCCCCCCCC(=O)OC(COCCC(C(=O)[O-])[N+](C)(C)C)COC(=O)CCCCCCCCCCCCCCCCCCCCCCCC. The molecule has 0 heterocycles. The minimum absolute atomic E-state index is 0.0456. The number of quaternary nitrogens is 1. The fourth-order valence-electron chi connectivity index (χ4n) is 9.48. The number of carboxylic acids is 1. The van der Waals surface area contributed by atoms with E-state index in [2.05, 4.69) is 26.0 Å². The van der Waals surface area contributed by atoms with E-state index in [0.29, 0.717) is 12.8 Å². The van der Waals surface area contributed by atoms with Gasteiger partial charge >= 0.3 is 11.9 Å². The molecule has 0 aliphatic carbocycles. The lowest BCUT2D eigenvalue weighted by molar-refractivity contribution is -0.889. The Bertz CT molecular complexity index is 1140. The maximum Gasteiger partial charge on any atom is 0.306 e. The van der Waals surface area contributed by atoms with E-state index in [9.17, 15) is 19.5 Å². The Hall–Kier alpha value is -1.93. The number of likely N-dealkylation sites (N-methyl/N-ethyl adjacent to an activating group) is 1. The first-order valence-electron chi connectivity index (χ1n) is 30.2. The van der Waals surface area contributed by atoms with Gasteiger partial charge in [0.2, 0.25) is 0 Å². The van der Waals surface area contributed by atoms with Crippen molar-refractivity contribution in [3.8, 4) is 0 Å². The summed E-state index contributed by atoms with van der Waals surface area (Å²) in [6, 6.07) is -0.724. The zero-order valence-electron chi connectivity index (χ0n) is 46.8. The van der Waals surface area contributed by atoms with Crippen LogP contribution in [0.5, 0.6) is 0 Å². The normalized spacial score (nSPS) is 12.8. The van der Waals surface area contributed by atoms with Gasteiger partial charge in [-0.1, -0.05) is 264 Å². The first-order valence-corrected chi connectivity index (χ1v) is 30.2. The molecule has 0 saturated heterocycles. The number of hydrogen-bond donors (Lipinski definition) is 0. The molecule has 69 heavy (non-hydrogen) atoms. The summed E-state index contributed by atoms with van der Waals surface area (Å²) in [5, 5.41) is 11.7. The number of carboxylic acid groups (broad SMARTS) is 1. The molecule has 0 fully saturated rings. The summed E-state index contributed by atoms with van der Waals surface area (Å²) in [6.45, 7) is 4.73. The standard InChI is InChI=1S/C61H117NO7/c1-6-8-10-12-14-16-18-20-22-24-26-28-30-32-34-36-38-40-42-44-46-48-50-52-60(64)69-57(55-67-54-53-58(61(65)66)62(3,4)5)56-68-59(63)51-49-47-45-43-41-39-37-35-33-31-29-27-25-23-21-19-17-15-13-11-9-7-2/h32,34,57-58H,6-31,33,35-56H2,1-5H3/b34-32+. The summed E-state index contributed by atoms with van der Waals surface area (Å²) in [5.74, 6) is -1.71. The zero-order valence-corrected chi connectivity index (χ0v) is 46.8. The van der Waals surface area contributed by atoms with Gasteiger partial charge in [-0.05, 0) is 38.5 Å². The van der Waals surface area contributed by atoms with Gasteiger partial charge in [0.05, 0.1) is 40.3 Å². The molecule has 0 bridgehead atoms. The molecule has 2 unspecified atom stereocenters. The van der Waals surface area contributed by atoms with Gasteiger partial charge < -0.3 is 28.6 Å². The van der Waals surface area contributed by atoms with E-state index >= 15 is 0 Å². The molecule has 0 amide bonds.